The molecule has 1 aromatic rings. The average molecular weight is 242 g/mol. The molecule has 1 heterocycles. The van der Waals surface area contributed by atoms with E-state index < -0.39 is 0 Å². The quantitative estimate of drug-likeness (QED) is 0.865. The Morgan fingerprint density at radius 1 is 1.60 bits per heavy atom. The number of halogens is 1. The summed E-state index contributed by atoms with van der Waals surface area (Å²) < 4.78 is 3.97. The van der Waals surface area contributed by atoms with E-state index >= 15 is 0 Å². The molecule has 1 N–H and O–H groups in total. The summed E-state index contributed by atoms with van der Waals surface area (Å²) in [6.45, 7) is 2.26. The largest absolute Gasteiger partial charge is 0.372 e. The van der Waals surface area contributed by atoms with Crippen LogP contribution < -0.4 is 5.32 Å². The van der Waals surface area contributed by atoms with Crippen LogP contribution in [0.2, 0.25) is 5.15 Å². The molecular weight excluding hydrogens is 230 g/mol. The van der Waals surface area contributed by atoms with Crippen molar-refractivity contribution in [3.63, 3.8) is 0 Å². The van der Waals surface area contributed by atoms with Crippen LogP contribution in [0.5, 0.6) is 0 Å². The number of nitrogens with zero attached hydrogens (tertiary/aromatic N) is 2. The SMILES string of the molecule is CC1CCC(Nc2snc(Cl)c2C#N)C1. The number of aromatic nitrogens is 1. The van der Waals surface area contributed by atoms with Crippen LogP contribution in [0.15, 0.2) is 0 Å². The second kappa shape index (κ2) is 4.38. The Morgan fingerprint density at radius 3 is 3.00 bits per heavy atom. The molecule has 15 heavy (non-hydrogen) atoms. The minimum atomic E-state index is 0.316. The van der Waals surface area contributed by atoms with E-state index in [4.69, 9.17) is 16.9 Å². The zero-order valence-electron chi connectivity index (χ0n) is 8.46. The fourth-order valence-electron chi connectivity index (χ4n) is 1.99. The molecule has 0 aliphatic heterocycles. The van der Waals surface area contributed by atoms with Gasteiger partial charge in [-0.15, -0.1) is 0 Å². The van der Waals surface area contributed by atoms with Crippen molar-refractivity contribution in [2.75, 3.05) is 5.32 Å². The Balaban J connectivity index is 2.08. The summed E-state index contributed by atoms with van der Waals surface area (Å²) in [6.07, 6.45) is 3.59. The van der Waals surface area contributed by atoms with E-state index in [9.17, 15) is 0 Å². The lowest BCUT2D eigenvalue weighted by atomic mass is 10.1. The normalized spacial score (nSPS) is 25.1. The fourth-order valence-corrected chi connectivity index (χ4v) is 3.00. The predicted molar refractivity (Wildman–Crippen MR) is 62.3 cm³/mol. The molecule has 3 nitrogen and oxygen atoms in total. The van der Waals surface area contributed by atoms with Crippen LogP contribution in [0.1, 0.15) is 31.7 Å². The average Bonchev–Trinajstić information content (AvgIpc) is 2.75. The molecule has 1 aromatic heterocycles. The molecule has 5 heteroatoms. The highest BCUT2D eigenvalue weighted by Gasteiger charge is 2.23. The lowest BCUT2D eigenvalue weighted by molar-refractivity contribution is 0.603. The first kappa shape index (κ1) is 10.7. The van der Waals surface area contributed by atoms with Gasteiger partial charge in [-0.2, -0.15) is 9.64 Å². The van der Waals surface area contributed by atoms with Gasteiger partial charge < -0.3 is 5.32 Å². The van der Waals surface area contributed by atoms with Crippen molar-refractivity contribution >= 4 is 28.1 Å². The minimum absolute atomic E-state index is 0.316. The van der Waals surface area contributed by atoms with Gasteiger partial charge >= 0.3 is 0 Å². The highest BCUT2D eigenvalue weighted by molar-refractivity contribution is 7.10. The molecule has 0 aromatic carbocycles. The summed E-state index contributed by atoms with van der Waals surface area (Å²) in [5.74, 6) is 0.774. The number of rotatable bonds is 2. The Hall–Kier alpha value is -0.790. The van der Waals surface area contributed by atoms with Gasteiger partial charge in [-0.25, -0.2) is 0 Å². The molecule has 2 rings (SSSR count). The Kier molecular flexibility index (Phi) is 3.13. The van der Waals surface area contributed by atoms with Gasteiger partial charge in [0.05, 0.1) is 0 Å². The molecule has 1 fully saturated rings. The van der Waals surface area contributed by atoms with Crippen molar-refractivity contribution in [1.82, 2.24) is 4.37 Å². The van der Waals surface area contributed by atoms with Crippen LogP contribution in [-0.2, 0) is 0 Å². The van der Waals surface area contributed by atoms with Gasteiger partial charge in [0.1, 0.15) is 16.6 Å². The summed E-state index contributed by atoms with van der Waals surface area (Å²) in [6, 6.07) is 2.56. The molecule has 1 aliphatic rings. The van der Waals surface area contributed by atoms with Crippen LogP contribution in [0.25, 0.3) is 0 Å². The Bertz CT molecular complexity index is 396. The summed E-state index contributed by atoms with van der Waals surface area (Å²) in [7, 11) is 0. The van der Waals surface area contributed by atoms with Gasteiger partial charge in [0, 0.05) is 6.04 Å². The summed E-state index contributed by atoms with van der Waals surface area (Å²) >= 11 is 7.07. The second-order valence-electron chi connectivity index (χ2n) is 4.05. The molecule has 2 atom stereocenters. The topological polar surface area (TPSA) is 48.7 Å². The van der Waals surface area contributed by atoms with Gasteiger partial charge in [-0.3, -0.25) is 0 Å². The number of nitrogens with one attached hydrogen (secondary N) is 1. The van der Waals surface area contributed by atoms with Crippen LogP contribution in [0.3, 0.4) is 0 Å². The summed E-state index contributed by atoms with van der Waals surface area (Å²) in [4.78, 5) is 0. The molecule has 0 spiro atoms. The predicted octanol–water partition coefficient (Wildman–Crippen LogP) is 3.27. The van der Waals surface area contributed by atoms with Crippen molar-refractivity contribution in [1.29, 1.82) is 5.26 Å². The fraction of sp³-hybridized carbons (Fsp3) is 0.600. The van der Waals surface area contributed by atoms with Crippen molar-refractivity contribution < 1.29 is 0 Å². The molecule has 0 amide bonds. The van der Waals surface area contributed by atoms with E-state index in [2.05, 4.69) is 22.7 Å². The van der Waals surface area contributed by atoms with Gasteiger partial charge in [-0.1, -0.05) is 18.5 Å². The van der Waals surface area contributed by atoms with E-state index in [0.717, 1.165) is 10.9 Å². The van der Waals surface area contributed by atoms with Gasteiger partial charge in [0.15, 0.2) is 5.15 Å². The first-order valence-corrected chi connectivity index (χ1v) is 6.17. The maximum absolute atomic E-state index is 8.91. The maximum Gasteiger partial charge on any atom is 0.162 e. The van der Waals surface area contributed by atoms with Crippen molar-refractivity contribution in [2.24, 2.45) is 5.92 Å². The van der Waals surface area contributed by atoms with Crippen molar-refractivity contribution in [2.45, 2.75) is 32.2 Å². The minimum Gasteiger partial charge on any atom is -0.372 e. The standard InChI is InChI=1S/C10H12ClN3S/c1-6-2-3-7(4-6)13-10-8(5-12)9(11)14-15-10/h6-7,13H,2-4H2,1H3. The van der Waals surface area contributed by atoms with E-state index in [1.807, 2.05) is 0 Å². The number of nitriles is 1. The smallest absolute Gasteiger partial charge is 0.162 e. The zero-order chi connectivity index (χ0) is 10.8. The summed E-state index contributed by atoms with van der Waals surface area (Å²) in [5.41, 5.74) is 0.487. The first-order chi connectivity index (χ1) is 7.20. The van der Waals surface area contributed by atoms with E-state index in [1.165, 1.54) is 30.8 Å². The molecule has 0 saturated heterocycles. The number of hydrogen-bond donors (Lipinski definition) is 1. The molecule has 80 valence electrons. The van der Waals surface area contributed by atoms with Crippen LogP contribution in [-0.4, -0.2) is 10.4 Å². The Morgan fingerprint density at radius 2 is 2.40 bits per heavy atom. The van der Waals surface area contributed by atoms with E-state index in [1.54, 1.807) is 0 Å². The van der Waals surface area contributed by atoms with Crippen molar-refractivity contribution in [3.05, 3.63) is 10.7 Å². The molecule has 1 aliphatic carbocycles. The van der Waals surface area contributed by atoms with E-state index in [0.29, 0.717) is 16.8 Å². The Labute approximate surface area is 98.2 Å². The van der Waals surface area contributed by atoms with E-state index in [-0.39, 0.29) is 0 Å². The lowest BCUT2D eigenvalue weighted by Crippen LogP contribution is -2.14. The van der Waals surface area contributed by atoms with Gasteiger partial charge in [0.25, 0.3) is 0 Å². The third-order valence-corrected chi connectivity index (χ3v) is 3.94. The molecule has 0 radical (unpaired) electrons. The van der Waals surface area contributed by atoms with Crippen molar-refractivity contribution in [3.8, 4) is 6.07 Å². The third kappa shape index (κ3) is 2.24. The molecule has 0 bridgehead atoms. The van der Waals surface area contributed by atoms with Crippen LogP contribution in [0.4, 0.5) is 5.00 Å². The lowest BCUT2D eigenvalue weighted by Gasteiger charge is -2.11. The second-order valence-corrected chi connectivity index (χ2v) is 5.18. The molecular formula is C10H12ClN3S. The van der Waals surface area contributed by atoms with Crippen LogP contribution >= 0.6 is 23.1 Å². The third-order valence-electron chi connectivity index (χ3n) is 2.79. The van der Waals surface area contributed by atoms with Crippen LogP contribution in [0, 0.1) is 17.2 Å². The highest BCUT2D eigenvalue weighted by Crippen LogP contribution is 2.32. The molecule has 1 saturated carbocycles. The van der Waals surface area contributed by atoms with Gasteiger partial charge in [-0.05, 0) is 36.7 Å². The number of anilines is 1. The summed E-state index contributed by atoms with van der Waals surface area (Å²) in [5, 5.41) is 13.4. The maximum atomic E-state index is 8.91. The first-order valence-electron chi connectivity index (χ1n) is 5.02. The zero-order valence-corrected chi connectivity index (χ0v) is 10.0. The molecule has 2 unspecified atom stereocenters. The monoisotopic (exact) mass is 241 g/mol. The number of hydrogen-bond acceptors (Lipinski definition) is 4. The highest BCUT2D eigenvalue weighted by atomic mass is 35.5. The van der Waals surface area contributed by atoms with Gasteiger partial charge in [0.2, 0.25) is 0 Å².